The van der Waals surface area contributed by atoms with E-state index in [4.69, 9.17) is 5.26 Å². The number of rotatable bonds is 5. The molecule has 0 aliphatic rings. The van der Waals surface area contributed by atoms with E-state index in [2.05, 4.69) is 21.2 Å². The van der Waals surface area contributed by atoms with Crippen LogP contribution in [0.2, 0.25) is 0 Å². The Balaban J connectivity index is 2.42. The summed E-state index contributed by atoms with van der Waals surface area (Å²) >= 11 is 3.03. The van der Waals surface area contributed by atoms with Gasteiger partial charge in [0.25, 0.3) is 5.91 Å². The third-order valence-corrected chi connectivity index (χ3v) is 2.79. The molecular weight excluding hydrogens is 287 g/mol. The van der Waals surface area contributed by atoms with Crippen molar-refractivity contribution in [1.82, 2.24) is 5.32 Å². The van der Waals surface area contributed by atoms with Gasteiger partial charge < -0.3 is 5.32 Å². The van der Waals surface area contributed by atoms with Gasteiger partial charge in [0.1, 0.15) is 5.82 Å². The number of halogens is 2. The highest BCUT2D eigenvalue weighted by atomic mass is 79.9. The molecule has 0 bridgehead atoms. The molecule has 1 aromatic carbocycles. The van der Waals surface area contributed by atoms with Crippen LogP contribution < -0.4 is 5.32 Å². The molecule has 0 aliphatic heterocycles. The van der Waals surface area contributed by atoms with E-state index in [-0.39, 0.29) is 10.4 Å². The molecule has 0 saturated carbocycles. The number of amides is 1. The number of carbonyl (C=O) groups excluding carboxylic acids is 1. The molecule has 1 rings (SSSR count). The van der Waals surface area contributed by atoms with Crippen molar-refractivity contribution < 1.29 is 9.18 Å². The lowest BCUT2D eigenvalue weighted by Gasteiger charge is -2.05. The fourth-order valence-electron chi connectivity index (χ4n) is 1.27. The Bertz CT molecular complexity index is 443. The number of nitrogens with one attached hydrogen (secondary N) is 1. The minimum atomic E-state index is -0.393. The van der Waals surface area contributed by atoms with Crippen molar-refractivity contribution >= 4 is 21.8 Å². The summed E-state index contributed by atoms with van der Waals surface area (Å²) in [7, 11) is 0. The molecule has 0 radical (unpaired) electrons. The molecule has 1 amide bonds. The van der Waals surface area contributed by atoms with Crippen molar-refractivity contribution in [1.29, 1.82) is 5.26 Å². The van der Waals surface area contributed by atoms with Crippen molar-refractivity contribution in [2.45, 2.75) is 19.3 Å². The predicted molar refractivity (Wildman–Crippen MR) is 65.9 cm³/mol. The maximum absolute atomic E-state index is 12.9. The minimum absolute atomic E-state index is 0.234. The molecule has 17 heavy (non-hydrogen) atoms. The molecule has 0 saturated heterocycles. The fourth-order valence-corrected chi connectivity index (χ4v) is 1.65. The summed E-state index contributed by atoms with van der Waals surface area (Å²) in [4.78, 5) is 11.6. The Kier molecular flexibility index (Phi) is 5.64. The molecule has 0 fully saturated rings. The standard InChI is InChI=1S/C12H12BrFN2O/c13-10-8-9(4-5-11(10)14)12(17)16-7-3-1-2-6-15/h4-5,8H,1-3,7H2,(H,16,17). The first kappa shape index (κ1) is 13.7. The Hall–Kier alpha value is -1.41. The Morgan fingerprint density at radius 1 is 1.47 bits per heavy atom. The first-order valence-electron chi connectivity index (χ1n) is 5.25. The maximum atomic E-state index is 12.9. The summed E-state index contributed by atoms with van der Waals surface area (Å²) in [5, 5.41) is 11.0. The molecule has 5 heteroatoms. The van der Waals surface area contributed by atoms with Crippen molar-refractivity contribution in [2.24, 2.45) is 0 Å². The third-order valence-electron chi connectivity index (χ3n) is 2.18. The highest BCUT2D eigenvalue weighted by Crippen LogP contribution is 2.16. The lowest BCUT2D eigenvalue weighted by Crippen LogP contribution is -2.24. The number of unbranched alkanes of at least 4 members (excludes halogenated alkanes) is 2. The monoisotopic (exact) mass is 298 g/mol. The van der Waals surface area contributed by atoms with E-state index in [1.807, 2.05) is 6.07 Å². The Morgan fingerprint density at radius 2 is 2.24 bits per heavy atom. The normalized spacial score (nSPS) is 9.71. The first-order chi connectivity index (χ1) is 8.15. The van der Waals surface area contributed by atoms with Crippen LogP contribution in [0.15, 0.2) is 22.7 Å². The number of hydrogen-bond acceptors (Lipinski definition) is 2. The van der Waals surface area contributed by atoms with E-state index in [0.717, 1.165) is 12.8 Å². The minimum Gasteiger partial charge on any atom is -0.352 e. The van der Waals surface area contributed by atoms with Crippen LogP contribution in [0, 0.1) is 17.1 Å². The van der Waals surface area contributed by atoms with Gasteiger partial charge in [-0.15, -0.1) is 0 Å². The van der Waals surface area contributed by atoms with Crippen LogP contribution in [-0.2, 0) is 0 Å². The number of hydrogen-bond donors (Lipinski definition) is 1. The van der Waals surface area contributed by atoms with Crippen molar-refractivity contribution in [3.63, 3.8) is 0 Å². The average Bonchev–Trinajstić information content (AvgIpc) is 2.32. The molecule has 0 heterocycles. The molecule has 90 valence electrons. The zero-order valence-corrected chi connectivity index (χ0v) is 10.8. The fraction of sp³-hybridized carbons (Fsp3) is 0.333. The van der Waals surface area contributed by atoms with E-state index < -0.39 is 5.82 Å². The van der Waals surface area contributed by atoms with Gasteiger partial charge >= 0.3 is 0 Å². The van der Waals surface area contributed by atoms with Crippen LogP contribution in [0.1, 0.15) is 29.6 Å². The molecule has 0 spiro atoms. The Morgan fingerprint density at radius 3 is 2.88 bits per heavy atom. The average molecular weight is 299 g/mol. The number of nitrogens with zero attached hydrogens (tertiary/aromatic N) is 1. The topological polar surface area (TPSA) is 52.9 Å². The molecule has 0 atom stereocenters. The van der Waals surface area contributed by atoms with Gasteiger partial charge in [-0.3, -0.25) is 4.79 Å². The molecule has 0 aromatic heterocycles. The van der Waals surface area contributed by atoms with Crippen LogP contribution in [0.25, 0.3) is 0 Å². The molecule has 1 N–H and O–H groups in total. The highest BCUT2D eigenvalue weighted by Gasteiger charge is 2.07. The van der Waals surface area contributed by atoms with E-state index in [0.29, 0.717) is 18.5 Å². The van der Waals surface area contributed by atoms with Gasteiger partial charge in [-0.05, 0) is 47.0 Å². The van der Waals surface area contributed by atoms with Gasteiger partial charge in [0, 0.05) is 18.5 Å². The van der Waals surface area contributed by atoms with Gasteiger partial charge in [-0.1, -0.05) is 0 Å². The lowest BCUT2D eigenvalue weighted by atomic mass is 10.2. The summed E-state index contributed by atoms with van der Waals surface area (Å²) in [6.07, 6.45) is 2.03. The molecular formula is C12H12BrFN2O. The maximum Gasteiger partial charge on any atom is 0.251 e. The Labute approximate surface area is 108 Å². The third kappa shape index (κ3) is 4.53. The second-order valence-corrected chi connectivity index (χ2v) is 4.35. The number of benzene rings is 1. The molecule has 3 nitrogen and oxygen atoms in total. The summed E-state index contributed by atoms with van der Waals surface area (Å²) < 4.78 is 13.2. The van der Waals surface area contributed by atoms with Gasteiger partial charge in [0.15, 0.2) is 0 Å². The van der Waals surface area contributed by atoms with Crippen LogP contribution in [0.4, 0.5) is 4.39 Å². The smallest absolute Gasteiger partial charge is 0.251 e. The zero-order chi connectivity index (χ0) is 12.7. The number of carbonyl (C=O) groups is 1. The summed E-state index contributed by atoms with van der Waals surface area (Å²) in [6, 6.07) is 6.16. The largest absolute Gasteiger partial charge is 0.352 e. The van der Waals surface area contributed by atoms with Gasteiger partial charge in [-0.2, -0.15) is 5.26 Å². The van der Waals surface area contributed by atoms with E-state index in [1.54, 1.807) is 0 Å². The quantitative estimate of drug-likeness (QED) is 0.850. The summed E-state index contributed by atoms with van der Waals surface area (Å²) in [5.41, 5.74) is 0.415. The van der Waals surface area contributed by atoms with E-state index in [1.165, 1.54) is 18.2 Å². The second kappa shape index (κ2) is 7.02. The lowest BCUT2D eigenvalue weighted by molar-refractivity contribution is 0.0953. The number of nitriles is 1. The van der Waals surface area contributed by atoms with Crippen LogP contribution in [0.3, 0.4) is 0 Å². The summed E-state index contributed by atoms with van der Waals surface area (Å²) in [6.45, 7) is 0.523. The molecule has 0 aliphatic carbocycles. The van der Waals surface area contributed by atoms with Crippen LogP contribution >= 0.6 is 15.9 Å². The SMILES string of the molecule is N#CCCCCNC(=O)c1ccc(F)c(Br)c1. The molecule has 0 unspecified atom stereocenters. The van der Waals surface area contributed by atoms with Gasteiger partial charge in [0.05, 0.1) is 10.5 Å². The highest BCUT2D eigenvalue weighted by molar-refractivity contribution is 9.10. The van der Waals surface area contributed by atoms with E-state index in [9.17, 15) is 9.18 Å². The van der Waals surface area contributed by atoms with Crippen LogP contribution in [0.5, 0.6) is 0 Å². The zero-order valence-electron chi connectivity index (χ0n) is 9.17. The predicted octanol–water partition coefficient (Wildman–Crippen LogP) is 3.01. The second-order valence-electron chi connectivity index (χ2n) is 3.50. The van der Waals surface area contributed by atoms with Crippen molar-refractivity contribution in [2.75, 3.05) is 6.54 Å². The first-order valence-corrected chi connectivity index (χ1v) is 6.04. The molecule has 1 aromatic rings. The van der Waals surface area contributed by atoms with E-state index >= 15 is 0 Å². The van der Waals surface area contributed by atoms with Gasteiger partial charge in [-0.25, -0.2) is 4.39 Å². The van der Waals surface area contributed by atoms with Crippen molar-refractivity contribution in [3.05, 3.63) is 34.1 Å². The van der Waals surface area contributed by atoms with Crippen LogP contribution in [-0.4, -0.2) is 12.5 Å². The summed E-state index contributed by atoms with van der Waals surface area (Å²) in [5.74, 6) is -0.627. The van der Waals surface area contributed by atoms with Crippen molar-refractivity contribution in [3.8, 4) is 6.07 Å². The van der Waals surface area contributed by atoms with Gasteiger partial charge in [0.2, 0.25) is 0 Å².